The Morgan fingerprint density at radius 1 is 1.25 bits per heavy atom. The lowest BCUT2D eigenvalue weighted by molar-refractivity contribution is -0.122. The zero-order valence-corrected chi connectivity index (χ0v) is 14.3. The Labute approximate surface area is 130 Å². The van der Waals surface area contributed by atoms with Gasteiger partial charge in [-0.25, -0.2) is 0 Å². The van der Waals surface area contributed by atoms with E-state index in [-0.39, 0.29) is 18.0 Å². The molecule has 20 heavy (non-hydrogen) atoms. The topological polar surface area (TPSA) is 41.1 Å². The van der Waals surface area contributed by atoms with Crippen LogP contribution in [0.15, 0.2) is 28.7 Å². The lowest BCUT2D eigenvalue weighted by Gasteiger charge is -2.20. The molecule has 0 saturated heterocycles. The van der Waals surface area contributed by atoms with Gasteiger partial charge in [-0.3, -0.25) is 10.1 Å². The number of nitrogens with one attached hydrogen (secondary N) is 2. The van der Waals surface area contributed by atoms with Gasteiger partial charge in [0, 0.05) is 17.1 Å². The van der Waals surface area contributed by atoms with E-state index >= 15 is 0 Å². The highest BCUT2D eigenvalue weighted by Crippen LogP contribution is 2.18. The highest BCUT2D eigenvalue weighted by Gasteiger charge is 2.15. The maximum absolute atomic E-state index is 12.0. The maximum Gasteiger partial charge on any atom is 0.236 e. The van der Waals surface area contributed by atoms with Crippen LogP contribution >= 0.6 is 15.9 Å². The second kappa shape index (κ2) is 8.42. The van der Waals surface area contributed by atoms with Crippen LogP contribution in [0.1, 0.15) is 45.7 Å². The first-order valence-corrected chi connectivity index (χ1v) is 7.98. The number of hydrogen-bond donors (Lipinski definition) is 2. The van der Waals surface area contributed by atoms with Crippen LogP contribution in [-0.4, -0.2) is 18.5 Å². The summed E-state index contributed by atoms with van der Waals surface area (Å²) < 4.78 is 1.05. The fourth-order valence-corrected chi connectivity index (χ4v) is 2.38. The lowest BCUT2D eigenvalue weighted by Crippen LogP contribution is -2.43. The van der Waals surface area contributed by atoms with Crippen LogP contribution < -0.4 is 10.6 Å². The Morgan fingerprint density at radius 2 is 1.95 bits per heavy atom. The first-order valence-electron chi connectivity index (χ1n) is 7.19. The van der Waals surface area contributed by atoms with E-state index in [1.165, 1.54) is 5.56 Å². The van der Waals surface area contributed by atoms with Crippen LogP contribution in [0.2, 0.25) is 0 Å². The molecule has 2 N–H and O–H groups in total. The summed E-state index contributed by atoms with van der Waals surface area (Å²) in [5, 5.41) is 6.30. The standard InChI is InChI=1S/C16H25BrN2O/c1-11(2)8-9-18-16(20)13(4)19-12(3)14-6-5-7-15(17)10-14/h5-7,10-13,19H,8-9H2,1-4H3,(H,18,20)/t12-,13?/m0/s1. The van der Waals surface area contributed by atoms with E-state index in [0.29, 0.717) is 5.92 Å². The molecule has 1 rings (SSSR count). The van der Waals surface area contributed by atoms with Gasteiger partial charge in [0.2, 0.25) is 5.91 Å². The molecule has 0 spiro atoms. The summed E-state index contributed by atoms with van der Waals surface area (Å²) in [6.07, 6.45) is 1.01. The highest BCUT2D eigenvalue weighted by atomic mass is 79.9. The molecule has 0 heterocycles. The van der Waals surface area contributed by atoms with Crippen molar-refractivity contribution in [2.45, 2.75) is 46.2 Å². The molecule has 0 fully saturated rings. The average molecular weight is 341 g/mol. The Hall–Kier alpha value is -0.870. The van der Waals surface area contributed by atoms with Crippen molar-refractivity contribution in [3.63, 3.8) is 0 Å². The first-order chi connectivity index (χ1) is 9.40. The third kappa shape index (κ3) is 6.06. The second-order valence-electron chi connectivity index (χ2n) is 5.64. The third-order valence-electron chi connectivity index (χ3n) is 3.26. The van der Waals surface area contributed by atoms with Gasteiger partial charge in [-0.1, -0.05) is 41.9 Å². The monoisotopic (exact) mass is 340 g/mol. The van der Waals surface area contributed by atoms with Gasteiger partial charge in [-0.05, 0) is 43.9 Å². The number of benzene rings is 1. The minimum Gasteiger partial charge on any atom is -0.355 e. The third-order valence-corrected chi connectivity index (χ3v) is 3.76. The Morgan fingerprint density at radius 3 is 2.55 bits per heavy atom. The molecule has 1 unspecified atom stereocenters. The maximum atomic E-state index is 12.0. The number of amides is 1. The number of rotatable bonds is 7. The molecule has 0 aliphatic heterocycles. The van der Waals surface area contributed by atoms with Gasteiger partial charge in [0.15, 0.2) is 0 Å². The number of carbonyl (C=O) groups excluding carboxylic acids is 1. The molecule has 0 aromatic heterocycles. The Bertz CT molecular complexity index is 434. The van der Waals surface area contributed by atoms with Crippen LogP contribution in [-0.2, 0) is 4.79 Å². The summed E-state index contributed by atoms with van der Waals surface area (Å²) in [5.41, 5.74) is 1.17. The molecular weight excluding hydrogens is 316 g/mol. The summed E-state index contributed by atoms with van der Waals surface area (Å²) >= 11 is 3.47. The SMILES string of the molecule is CC(C)CCNC(=O)C(C)N[C@@H](C)c1cccc(Br)c1. The average Bonchev–Trinajstić information content (AvgIpc) is 2.38. The fourth-order valence-electron chi connectivity index (χ4n) is 1.96. The predicted octanol–water partition coefficient (Wildman–Crippen LogP) is 3.65. The van der Waals surface area contributed by atoms with Crippen LogP contribution in [0.25, 0.3) is 0 Å². The molecule has 0 bridgehead atoms. The van der Waals surface area contributed by atoms with Gasteiger partial charge in [0.05, 0.1) is 6.04 Å². The largest absolute Gasteiger partial charge is 0.355 e. The highest BCUT2D eigenvalue weighted by molar-refractivity contribution is 9.10. The van der Waals surface area contributed by atoms with E-state index in [4.69, 9.17) is 0 Å². The minimum atomic E-state index is -0.198. The molecular formula is C16H25BrN2O. The van der Waals surface area contributed by atoms with Crippen molar-refractivity contribution in [3.8, 4) is 0 Å². The molecule has 0 aliphatic rings. The van der Waals surface area contributed by atoms with Crippen molar-refractivity contribution in [2.24, 2.45) is 5.92 Å². The molecule has 1 amide bonds. The summed E-state index contributed by atoms with van der Waals surface area (Å²) in [4.78, 5) is 12.0. The summed E-state index contributed by atoms with van der Waals surface area (Å²) in [5.74, 6) is 0.673. The van der Waals surface area contributed by atoms with Crippen LogP contribution in [0.4, 0.5) is 0 Å². The van der Waals surface area contributed by atoms with E-state index in [0.717, 1.165) is 17.4 Å². The Balaban J connectivity index is 2.44. The van der Waals surface area contributed by atoms with Crippen molar-refractivity contribution in [3.05, 3.63) is 34.3 Å². The second-order valence-corrected chi connectivity index (χ2v) is 6.55. The number of halogens is 1. The van der Waals surface area contributed by atoms with Crippen molar-refractivity contribution >= 4 is 21.8 Å². The first kappa shape index (κ1) is 17.2. The van der Waals surface area contributed by atoms with E-state index in [1.54, 1.807) is 0 Å². The van der Waals surface area contributed by atoms with Crippen LogP contribution in [0.5, 0.6) is 0 Å². The molecule has 3 nitrogen and oxygen atoms in total. The minimum absolute atomic E-state index is 0.0625. The smallest absolute Gasteiger partial charge is 0.236 e. The van der Waals surface area contributed by atoms with E-state index < -0.39 is 0 Å². The van der Waals surface area contributed by atoms with Gasteiger partial charge < -0.3 is 5.32 Å². The normalized spacial score (nSPS) is 14.1. The van der Waals surface area contributed by atoms with E-state index in [9.17, 15) is 4.79 Å². The van der Waals surface area contributed by atoms with Gasteiger partial charge >= 0.3 is 0 Å². The van der Waals surface area contributed by atoms with Gasteiger partial charge in [0.25, 0.3) is 0 Å². The quantitative estimate of drug-likeness (QED) is 0.795. The molecule has 1 aromatic rings. The molecule has 0 aliphatic carbocycles. The van der Waals surface area contributed by atoms with Crippen molar-refractivity contribution < 1.29 is 4.79 Å². The molecule has 112 valence electrons. The van der Waals surface area contributed by atoms with Crippen molar-refractivity contribution in [1.29, 1.82) is 0 Å². The van der Waals surface area contributed by atoms with E-state index in [2.05, 4.69) is 59.5 Å². The molecule has 1 aromatic carbocycles. The number of carbonyl (C=O) groups is 1. The van der Waals surface area contributed by atoms with Crippen LogP contribution in [0.3, 0.4) is 0 Å². The summed E-state index contributed by atoms with van der Waals surface area (Å²) in [6, 6.07) is 8.07. The summed E-state index contributed by atoms with van der Waals surface area (Å²) in [6.45, 7) is 9.03. The zero-order valence-electron chi connectivity index (χ0n) is 12.7. The van der Waals surface area contributed by atoms with Gasteiger partial charge in [-0.15, -0.1) is 0 Å². The lowest BCUT2D eigenvalue weighted by atomic mass is 10.1. The number of hydrogen-bond acceptors (Lipinski definition) is 2. The zero-order chi connectivity index (χ0) is 15.1. The summed E-state index contributed by atoms with van der Waals surface area (Å²) in [7, 11) is 0. The molecule has 0 saturated carbocycles. The fraction of sp³-hybridized carbons (Fsp3) is 0.562. The van der Waals surface area contributed by atoms with Crippen molar-refractivity contribution in [1.82, 2.24) is 10.6 Å². The van der Waals surface area contributed by atoms with Crippen LogP contribution in [0, 0.1) is 5.92 Å². The van der Waals surface area contributed by atoms with Gasteiger partial charge in [-0.2, -0.15) is 0 Å². The predicted molar refractivity (Wildman–Crippen MR) is 87.6 cm³/mol. The molecule has 2 atom stereocenters. The van der Waals surface area contributed by atoms with E-state index in [1.807, 2.05) is 19.1 Å². The van der Waals surface area contributed by atoms with Gasteiger partial charge in [0.1, 0.15) is 0 Å². The van der Waals surface area contributed by atoms with Crippen molar-refractivity contribution in [2.75, 3.05) is 6.54 Å². The molecule has 4 heteroatoms. The Kier molecular flexibility index (Phi) is 7.24. The molecule has 0 radical (unpaired) electrons.